The lowest BCUT2D eigenvalue weighted by atomic mass is 10.0. The summed E-state index contributed by atoms with van der Waals surface area (Å²) < 4.78 is 0. The van der Waals surface area contributed by atoms with Gasteiger partial charge < -0.3 is 77.7 Å². The molecule has 0 radical (unpaired) electrons. The highest BCUT2D eigenvalue weighted by Crippen LogP contribution is 2.08. The van der Waals surface area contributed by atoms with Crippen LogP contribution in [-0.2, 0) is 28.8 Å². The highest BCUT2D eigenvalue weighted by Gasteiger charge is 2.30. The topological polar surface area (TPSA) is 422 Å². The van der Waals surface area contributed by atoms with Crippen LogP contribution in [0, 0.1) is 0 Å². The number of carbonyl (C=O) groups is 6. The number of nitrogens with two attached hydrogens (primary N) is 9. The average molecular weight is 727 g/mol. The number of nitrogens with zero attached hydrogens (tertiary/aromatic N) is 3. The Hall–Kier alpha value is -5.25. The molecule has 0 rings (SSSR count). The Morgan fingerprint density at radius 1 is 0.529 bits per heavy atom. The van der Waals surface area contributed by atoms with Gasteiger partial charge in [-0.2, -0.15) is 0 Å². The summed E-state index contributed by atoms with van der Waals surface area (Å²) >= 11 is 0. The van der Waals surface area contributed by atoms with Crippen molar-refractivity contribution in [1.29, 1.82) is 0 Å². The highest BCUT2D eigenvalue weighted by molar-refractivity contribution is 5.95. The lowest BCUT2D eigenvalue weighted by Crippen LogP contribution is -2.58. The van der Waals surface area contributed by atoms with Crippen LogP contribution in [0.1, 0.15) is 70.6 Å². The van der Waals surface area contributed by atoms with E-state index in [-0.39, 0.29) is 88.9 Å². The van der Waals surface area contributed by atoms with Crippen LogP contribution in [0.25, 0.3) is 0 Å². The van der Waals surface area contributed by atoms with Crippen LogP contribution in [0.5, 0.6) is 0 Å². The Morgan fingerprint density at radius 3 is 1.31 bits per heavy atom. The highest BCUT2D eigenvalue weighted by atomic mass is 16.2. The van der Waals surface area contributed by atoms with Gasteiger partial charge in [0.05, 0.1) is 12.1 Å². The van der Waals surface area contributed by atoms with Crippen molar-refractivity contribution >= 4 is 53.7 Å². The molecule has 5 atom stereocenters. The van der Waals surface area contributed by atoms with Crippen molar-refractivity contribution in [3.05, 3.63) is 0 Å². The normalized spacial score (nSPS) is 13.5. The Bertz CT molecular complexity index is 1200. The van der Waals surface area contributed by atoms with E-state index in [1.54, 1.807) is 0 Å². The van der Waals surface area contributed by atoms with Gasteiger partial charge in [0.2, 0.25) is 29.5 Å². The molecule has 0 fully saturated rings. The first-order chi connectivity index (χ1) is 24.1. The van der Waals surface area contributed by atoms with Crippen molar-refractivity contribution in [2.75, 3.05) is 26.2 Å². The van der Waals surface area contributed by atoms with E-state index in [1.165, 1.54) is 0 Å². The third-order valence-electron chi connectivity index (χ3n) is 7.23. The average Bonchev–Trinajstić information content (AvgIpc) is 3.06. The van der Waals surface area contributed by atoms with E-state index in [0.717, 1.165) is 0 Å². The van der Waals surface area contributed by atoms with Crippen LogP contribution in [0.4, 0.5) is 0 Å². The molecule has 22 heteroatoms. The molecule has 22 nitrogen and oxygen atoms in total. The molecule has 0 bridgehead atoms. The number of amides is 5. The van der Waals surface area contributed by atoms with Gasteiger partial charge in [-0.1, -0.05) is 0 Å². The number of carbonyl (C=O) groups excluding carboxylic acids is 6. The third-order valence-corrected chi connectivity index (χ3v) is 7.23. The number of hydrogen-bond acceptors (Lipinski definition) is 11. The van der Waals surface area contributed by atoms with Crippen molar-refractivity contribution in [3.63, 3.8) is 0 Å². The van der Waals surface area contributed by atoms with E-state index < -0.39 is 59.7 Å². The number of guanidine groups is 3. The number of primary amides is 1. The van der Waals surface area contributed by atoms with Crippen LogP contribution in [0.2, 0.25) is 0 Å². The summed E-state index contributed by atoms with van der Waals surface area (Å²) in [5.74, 6) is -3.88. The maximum Gasteiger partial charge on any atom is 0.243 e. The lowest BCUT2D eigenvalue weighted by molar-refractivity contribution is -0.134. The molecule has 0 spiro atoms. The molecule has 0 aromatic carbocycles. The minimum Gasteiger partial charge on any atom is -0.370 e. The summed E-state index contributed by atoms with van der Waals surface area (Å²) in [7, 11) is 0. The molecule has 0 aromatic rings. The van der Waals surface area contributed by atoms with Gasteiger partial charge >= 0.3 is 0 Å². The van der Waals surface area contributed by atoms with Crippen LogP contribution < -0.4 is 72.9 Å². The summed E-state index contributed by atoms with van der Waals surface area (Å²) in [6.07, 6.45) is 2.72. The fourth-order valence-corrected chi connectivity index (χ4v) is 4.54. The minimum absolute atomic E-state index is 0.0541. The van der Waals surface area contributed by atoms with E-state index in [4.69, 9.17) is 51.6 Å². The SMILES string of the molecule is NCCCC[C@H](NC(=O)[C@H](CCCN=C(N)N)NC(=O)[C@@H](N)CCC(N)=O)C(=O)N[C@@H](CCCN=C(N)N)C(=O)N[C@H](C=O)CCCN=C(N)N. The van der Waals surface area contributed by atoms with Crippen molar-refractivity contribution < 1.29 is 28.8 Å². The van der Waals surface area contributed by atoms with Gasteiger partial charge in [-0.25, -0.2) is 0 Å². The molecule has 0 saturated carbocycles. The second-order valence-electron chi connectivity index (χ2n) is 11.7. The Balaban J connectivity index is 6.09. The molecule has 5 amide bonds. The van der Waals surface area contributed by atoms with Gasteiger partial charge in [0.15, 0.2) is 17.9 Å². The summed E-state index contributed by atoms with van der Waals surface area (Å²) in [5.41, 5.74) is 48.9. The van der Waals surface area contributed by atoms with Crippen LogP contribution in [0.15, 0.2) is 15.0 Å². The molecule has 0 unspecified atom stereocenters. The van der Waals surface area contributed by atoms with E-state index in [1.807, 2.05) is 0 Å². The summed E-state index contributed by atoms with van der Waals surface area (Å²) in [4.78, 5) is 88.0. The Kier molecular flexibility index (Phi) is 23.9. The molecule has 0 aliphatic carbocycles. The number of unbranched alkanes of at least 4 members (excludes halogenated alkanes) is 1. The largest absolute Gasteiger partial charge is 0.370 e. The molecule has 0 aromatic heterocycles. The van der Waals surface area contributed by atoms with Crippen LogP contribution in [-0.4, -0.2) is 110 Å². The molecule has 51 heavy (non-hydrogen) atoms. The van der Waals surface area contributed by atoms with E-state index in [9.17, 15) is 28.8 Å². The van der Waals surface area contributed by atoms with Crippen molar-refractivity contribution in [2.24, 2.45) is 66.6 Å². The molecule has 0 heterocycles. The second kappa shape index (κ2) is 26.6. The van der Waals surface area contributed by atoms with Gasteiger partial charge in [-0.3, -0.25) is 38.9 Å². The lowest BCUT2D eigenvalue weighted by Gasteiger charge is -2.26. The van der Waals surface area contributed by atoms with Crippen LogP contribution >= 0.6 is 0 Å². The molecule has 0 aliphatic rings. The second-order valence-corrected chi connectivity index (χ2v) is 11.7. The van der Waals surface area contributed by atoms with E-state index in [0.29, 0.717) is 32.1 Å². The standard InChI is InChI=1S/C29H58N16O6/c30-12-2-1-7-19(44-26(51)21(9-5-15-41-29(37)38)43-23(48)18(31)10-11-22(32)47)25(50)45-20(8-4-14-40-28(35)36)24(49)42-17(16-46)6-3-13-39-27(33)34/h16-21H,1-15,30-31H2,(H2,32,47)(H,42,49)(H,43,48)(H,44,51)(H,45,50)(H4,33,34,39)(H4,35,36,40)(H4,37,38,41)/t17-,18-,19-,20-,21-/m0/s1. The Labute approximate surface area is 297 Å². The quantitative estimate of drug-likeness (QED) is 0.0155. The van der Waals surface area contributed by atoms with Gasteiger partial charge in [-0.05, 0) is 70.8 Å². The Morgan fingerprint density at radius 2 is 0.922 bits per heavy atom. The monoisotopic (exact) mass is 726 g/mol. The number of aldehydes is 1. The van der Waals surface area contributed by atoms with E-state index in [2.05, 4.69) is 36.2 Å². The van der Waals surface area contributed by atoms with Gasteiger partial charge in [-0.15, -0.1) is 0 Å². The summed E-state index contributed by atoms with van der Waals surface area (Å²) in [6, 6.07) is -5.55. The fourth-order valence-electron chi connectivity index (χ4n) is 4.54. The first-order valence-corrected chi connectivity index (χ1v) is 16.7. The number of rotatable bonds is 28. The van der Waals surface area contributed by atoms with Gasteiger partial charge in [0, 0.05) is 26.1 Å². The third kappa shape index (κ3) is 22.9. The maximum atomic E-state index is 13.7. The smallest absolute Gasteiger partial charge is 0.243 e. The minimum atomic E-state index is -1.18. The first-order valence-electron chi connectivity index (χ1n) is 16.7. The number of hydrogen-bond donors (Lipinski definition) is 13. The first kappa shape index (κ1) is 45.8. The van der Waals surface area contributed by atoms with Gasteiger partial charge in [0.25, 0.3) is 0 Å². The van der Waals surface area contributed by atoms with Crippen molar-refractivity contribution in [3.8, 4) is 0 Å². The predicted molar refractivity (Wildman–Crippen MR) is 193 cm³/mol. The zero-order chi connectivity index (χ0) is 38.8. The zero-order valence-corrected chi connectivity index (χ0v) is 29.1. The van der Waals surface area contributed by atoms with Crippen LogP contribution in [0.3, 0.4) is 0 Å². The number of aliphatic imine (C=N–C) groups is 3. The van der Waals surface area contributed by atoms with Gasteiger partial charge in [0.1, 0.15) is 24.4 Å². The molecular weight excluding hydrogens is 668 g/mol. The predicted octanol–water partition coefficient (Wildman–Crippen LogP) is -5.99. The summed E-state index contributed by atoms with van der Waals surface area (Å²) in [5, 5.41) is 10.5. The molecule has 22 N–H and O–H groups in total. The van der Waals surface area contributed by atoms with E-state index >= 15 is 0 Å². The molecular formula is C29H58N16O6. The van der Waals surface area contributed by atoms with Crippen molar-refractivity contribution in [2.45, 2.75) is 101 Å². The fraction of sp³-hybridized carbons (Fsp3) is 0.690. The number of nitrogens with one attached hydrogen (secondary N) is 4. The molecule has 0 saturated heterocycles. The molecule has 290 valence electrons. The zero-order valence-electron chi connectivity index (χ0n) is 29.1. The van der Waals surface area contributed by atoms with Crippen molar-refractivity contribution in [1.82, 2.24) is 21.3 Å². The maximum absolute atomic E-state index is 13.7. The molecule has 0 aliphatic heterocycles. The summed E-state index contributed by atoms with van der Waals surface area (Å²) in [6.45, 7) is 0.849.